The van der Waals surface area contributed by atoms with Gasteiger partial charge in [0.05, 0.1) is 25.4 Å². The van der Waals surface area contributed by atoms with Crippen molar-refractivity contribution < 1.29 is 23.8 Å². The minimum Gasteiger partial charge on any atom is -0.493 e. The molecule has 0 aliphatic carbocycles. The summed E-state index contributed by atoms with van der Waals surface area (Å²) in [5.41, 5.74) is 0.999. The smallest absolute Gasteiger partial charge is 0.354 e. The Morgan fingerprint density at radius 3 is 2.62 bits per heavy atom. The Kier molecular flexibility index (Phi) is 8.13. The molecule has 0 amide bonds. The summed E-state index contributed by atoms with van der Waals surface area (Å²) in [6, 6.07) is 6.99. The van der Waals surface area contributed by atoms with Crippen LogP contribution in [-0.2, 0) is 4.74 Å². The number of anilines is 2. The van der Waals surface area contributed by atoms with Crippen molar-refractivity contribution in [2.24, 2.45) is 5.92 Å². The molecule has 0 unspecified atom stereocenters. The lowest BCUT2D eigenvalue weighted by molar-refractivity contribution is 0.0358. The number of morpholine rings is 1. The number of rotatable bonds is 10. The van der Waals surface area contributed by atoms with Crippen LogP contribution in [0.25, 0.3) is 0 Å². The molecule has 2 heterocycles. The van der Waals surface area contributed by atoms with Gasteiger partial charge in [-0.1, -0.05) is 13.8 Å². The average molecular weight is 445 g/mol. The van der Waals surface area contributed by atoms with Crippen LogP contribution in [0.3, 0.4) is 0 Å². The van der Waals surface area contributed by atoms with Crippen molar-refractivity contribution >= 4 is 23.2 Å². The van der Waals surface area contributed by atoms with Crippen molar-refractivity contribution in [2.45, 2.75) is 20.3 Å². The topological polar surface area (TPSA) is 108 Å². The summed E-state index contributed by atoms with van der Waals surface area (Å²) in [6.45, 7) is 8.17. The van der Waals surface area contributed by atoms with E-state index >= 15 is 0 Å². The molecule has 1 saturated heterocycles. The highest BCUT2D eigenvalue weighted by Crippen LogP contribution is 2.31. The van der Waals surface area contributed by atoms with E-state index in [0.717, 1.165) is 39.3 Å². The molecule has 172 valence electrons. The number of nitrogens with one attached hydrogen (secondary N) is 2. The van der Waals surface area contributed by atoms with Gasteiger partial charge in [0.2, 0.25) is 0 Å². The molecule has 8 nitrogen and oxygen atoms in total. The van der Waals surface area contributed by atoms with Crippen molar-refractivity contribution in [1.82, 2.24) is 9.88 Å². The first-order valence-electron chi connectivity index (χ1n) is 10.7. The molecule has 1 aromatic heterocycles. The van der Waals surface area contributed by atoms with E-state index in [2.05, 4.69) is 15.2 Å². The van der Waals surface area contributed by atoms with Crippen molar-refractivity contribution in [1.29, 1.82) is 5.41 Å². The minimum atomic E-state index is -1.20. The molecule has 0 radical (unpaired) electrons. The summed E-state index contributed by atoms with van der Waals surface area (Å²) in [5, 5.41) is 21.2. The van der Waals surface area contributed by atoms with E-state index in [-0.39, 0.29) is 29.0 Å². The highest BCUT2D eigenvalue weighted by molar-refractivity contribution is 6.07. The largest absolute Gasteiger partial charge is 0.493 e. The fraction of sp³-hybridized carbons (Fsp3) is 0.435. The van der Waals surface area contributed by atoms with Gasteiger partial charge in [-0.2, -0.15) is 0 Å². The van der Waals surface area contributed by atoms with Gasteiger partial charge in [-0.25, -0.2) is 14.2 Å². The van der Waals surface area contributed by atoms with Crippen LogP contribution in [0.4, 0.5) is 15.9 Å². The molecule has 1 aliphatic heterocycles. The van der Waals surface area contributed by atoms with Gasteiger partial charge in [0.15, 0.2) is 5.69 Å². The number of ether oxygens (including phenoxy) is 2. The number of carbonyl (C=O) groups is 1. The quantitative estimate of drug-likeness (QED) is 0.378. The van der Waals surface area contributed by atoms with Crippen LogP contribution in [0, 0.1) is 17.1 Å². The zero-order valence-corrected chi connectivity index (χ0v) is 18.4. The maximum atomic E-state index is 13.3. The first kappa shape index (κ1) is 23.6. The highest BCUT2D eigenvalue weighted by atomic mass is 19.1. The Hall–Kier alpha value is -3.04. The second-order valence-electron chi connectivity index (χ2n) is 7.89. The second-order valence-corrected chi connectivity index (χ2v) is 7.89. The summed E-state index contributed by atoms with van der Waals surface area (Å²) in [7, 11) is 0. The molecule has 1 fully saturated rings. The maximum absolute atomic E-state index is 13.3. The maximum Gasteiger partial charge on any atom is 0.354 e. The van der Waals surface area contributed by atoms with Crippen molar-refractivity contribution in [3.63, 3.8) is 0 Å². The number of carboxylic acid groups (broad SMARTS) is 1. The number of pyridine rings is 1. The predicted molar refractivity (Wildman–Crippen MR) is 120 cm³/mol. The van der Waals surface area contributed by atoms with E-state index in [1.54, 1.807) is 0 Å². The van der Waals surface area contributed by atoms with Crippen LogP contribution in [-0.4, -0.2) is 66.1 Å². The summed E-state index contributed by atoms with van der Waals surface area (Å²) >= 11 is 0. The number of nitrogens with zero attached hydrogens (tertiary/aromatic N) is 2. The van der Waals surface area contributed by atoms with E-state index < -0.39 is 5.97 Å². The summed E-state index contributed by atoms with van der Waals surface area (Å²) in [4.78, 5) is 18.2. The Morgan fingerprint density at radius 2 is 2.00 bits per heavy atom. The van der Waals surface area contributed by atoms with E-state index in [4.69, 9.17) is 14.9 Å². The van der Waals surface area contributed by atoms with Gasteiger partial charge in [0.1, 0.15) is 17.4 Å². The number of halogens is 1. The SMILES string of the molecule is CC(C)C(=N)c1c(OCCCN2CCOCC2)cc(C(=O)O)nc1Nc1ccc(F)cc1. The third-order valence-corrected chi connectivity index (χ3v) is 5.14. The molecular formula is C23H29FN4O4. The zero-order chi connectivity index (χ0) is 23.1. The van der Waals surface area contributed by atoms with Gasteiger partial charge < -0.3 is 25.3 Å². The van der Waals surface area contributed by atoms with Crippen LogP contribution in [0.15, 0.2) is 30.3 Å². The first-order chi connectivity index (χ1) is 15.3. The Balaban J connectivity index is 1.86. The highest BCUT2D eigenvalue weighted by Gasteiger charge is 2.23. The van der Waals surface area contributed by atoms with Crippen LogP contribution in [0.5, 0.6) is 5.75 Å². The van der Waals surface area contributed by atoms with E-state index in [9.17, 15) is 14.3 Å². The lowest BCUT2D eigenvalue weighted by atomic mass is 9.99. The van der Waals surface area contributed by atoms with Gasteiger partial charge in [0.25, 0.3) is 0 Å². The van der Waals surface area contributed by atoms with Gasteiger partial charge >= 0.3 is 5.97 Å². The Morgan fingerprint density at radius 1 is 1.31 bits per heavy atom. The fourth-order valence-electron chi connectivity index (χ4n) is 3.35. The molecule has 9 heteroatoms. The van der Waals surface area contributed by atoms with Crippen LogP contribution < -0.4 is 10.1 Å². The number of hydrogen-bond acceptors (Lipinski definition) is 7. The third-order valence-electron chi connectivity index (χ3n) is 5.14. The molecule has 3 rings (SSSR count). The number of carboxylic acids is 1. The van der Waals surface area contributed by atoms with E-state index in [0.29, 0.717) is 23.6 Å². The van der Waals surface area contributed by atoms with Crippen molar-refractivity contribution in [3.8, 4) is 5.75 Å². The molecule has 1 aliphatic rings. The van der Waals surface area contributed by atoms with E-state index in [1.807, 2.05) is 13.8 Å². The molecule has 32 heavy (non-hydrogen) atoms. The average Bonchev–Trinajstić information content (AvgIpc) is 2.78. The second kappa shape index (κ2) is 11.0. The predicted octanol–water partition coefficient (Wildman–Crippen LogP) is 3.79. The molecular weight excluding hydrogens is 415 g/mol. The van der Waals surface area contributed by atoms with Gasteiger partial charge in [-0.05, 0) is 36.6 Å². The van der Waals surface area contributed by atoms with Gasteiger partial charge in [-0.3, -0.25) is 4.90 Å². The van der Waals surface area contributed by atoms with Crippen LogP contribution >= 0.6 is 0 Å². The number of benzene rings is 1. The molecule has 3 N–H and O–H groups in total. The van der Waals surface area contributed by atoms with Crippen molar-refractivity contribution in [3.05, 3.63) is 47.4 Å². The Bertz CT molecular complexity index is 944. The lowest BCUT2D eigenvalue weighted by Crippen LogP contribution is -2.37. The van der Waals surface area contributed by atoms with Gasteiger partial charge in [-0.15, -0.1) is 0 Å². The molecule has 0 atom stereocenters. The van der Waals surface area contributed by atoms with Crippen molar-refractivity contribution in [2.75, 3.05) is 44.8 Å². The summed E-state index contributed by atoms with van der Waals surface area (Å²) < 4.78 is 24.6. The molecule has 2 aromatic rings. The molecule has 0 spiro atoms. The number of aromatic carboxylic acids is 1. The third kappa shape index (κ3) is 6.24. The number of aromatic nitrogens is 1. The van der Waals surface area contributed by atoms with Gasteiger partial charge in [0, 0.05) is 37.1 Å². The summed E-state index contributed by atoms with van der Waals surface area (Å²) in [6.07, 6.45) is 0.750. The standard InChI is InChI=1S/C23H29FN4O4/c1-15(2)21(25)20-19(32-11-3-8-28-9-12-31-13-10-28)14-18(23(29)30)27-22(20)26-17-6-4-16(24)5-7-17/h4-7,14-15,25H,3,8-13H2,1-2H3,(H,26,27)(H,29,30). The van der Waals surface area contributed by atoms with Crippen LogP contribution in [0.1, 0.15) is 36.3 Å². The normalized spacial score (nSPS) is 14.4. The first-order valence-corrected chi connectivity index (χ1v) is 10.7. The monoisotopic (exact) mass is 444 g/mol. The number of hydrogen-bond donors (Lipinski definition) is 3. The minimum absolute atomic E-state index is 0.142. The molecule has 0 saturated carbocycles. The molecule has 0 bridgehead atoms. The molecule has 1 aromatic carbocycles. The zero-order valence-electron chi connectivity index (χ0n) is 18.4. The van der Waals surface area contributed by atoms with Crippen LogP contribution in [0.2, 0.25) is 0 Å². The Labute approximate surface area is 186 Å². The van der Waals surface area contributed by atoms with E-state index in [1.165, 1.54) is 30.3 Å². The fourth-order valence-corrected chi connectivity index (χ4v) is 3.35. The summed E-state index contributed by atoms with van der Waals surface area (Å²) in [5.74, 6) is -1.24. The lowest BCUT2D eigenvalue weighted by Gasteiger charge is -2.26.